The molecule has 0 saturated carbocycles. The molecule has 0 atom stereocenters. The Balaban J connectivity index is 1.47. The summed E-state index contributed by atoms with van der Waals surface area (Å²) in [4.78, 5) is 35.3. The highest BCUT2D eigenvalue weighted by atomic mass is 16.5. The number of hydrazine groups is 1. The van der Waals surface area contributed by atoms with Crippen molar-refractivity contribution in [2.45, 2.75) is 0 Å². The largest absolute Gasteiger partial charge is 0.483 e. The van der Waals surface area contributed by atoms with E-state index in [-0.39, 0.29) is 17.9 Å². The van der Waals surface area contributed by atoms with Gasteiger partial charge in [-0.25, -0.2) is 0 Å². The molecule has 3 amide bonds. The average molecular weight is 419 g/mol. The van der Waals surface area contributed by atoms with E-state index in [1.165, 1.54) is 12.1 Å². The van der Waals surface area contributed by atoms with Gasteiger partial charge in [-0.1, -0.05) is 60.7 Å². The number of nitrogens with one attached hydrogen (secondary N) is 2. The summed E-state index contributed by atoms with van der Waals surface area (Å²) >= 11 is 0. The first-order chi connectivity index (χ1) is 15.0. The third-order valence-corrected chi connectivity index (χ3v) is 4.18. The first kappa shape index (κ1) is 21.4. The van der Waals surface area contributed by atoms with Gasteiger partial charge in [0.25, 0.3) is 17.7 Å². The third-order valence-electron chi connectivity index (χ3n) is 4.18. The van der Waals surface area contributed by atoms with Crippen LogP contribution in [0.4, 0.5) is 0 Å². The van der Waals surface area contributed by atoms with E-state index >= 15 is 0 Å². The molecule has 0 aromatic heterocycles. The van der Waals surface area contributed by atoms with Crippen LogP contribution in [0.2, 0.25) is 0 Å². The minimum atomic E-state index is -0.669. The highest BCUT2D eigenvalue weighted by Crippen LogP contribution is 2.29. The van der Waals surface area contributed by atoms with Crippen LogP contribution in [0.1, 0.15) is 10.4 Å². The molecule has 0 bridgehead atoms. The van der Waals surface area contributed by atoms with Crippen LogP contribution in [0.5, 0.6) is 11.5 Å². The fourth-order valence-corrected chi connectivity index (χ4v) is 2.74. The van der Waals surface area contributed by atoms with Gasteiger partial charge >= 0.3 is 0 Å². The minimum absolute atomic E-state index is 0.157. The van der Waals surface area contributed by atoms with Gasteiger partial charge in [0.05, 0.1) is 5.56 Å². The van der Waals surface area contributed by atoms with Gasteiger partial charge in [0.2, 0.25) is 0 Å². The maximum Gasteiger partial charge on any atom is 0.276 e. The van der Waals surface area contributed by atoms with Crippen molar-refractivity contribution in [2.75, 3.05) is 13.2 Å². The number of rotatable bonds is 8. The Labute approximate surface area is 178 Å². The fourth-order valence-electron chi connectivity index (χ4n) is 2.74. The molecule has 0 saturated heterocycles. The summed E-state index contributed by atoms with van der Waals surface area (Å²) in [5.74, 6) is -1.11. The lowest BCUT2D eigenvalue weighted by Gasteiger charge is -2.13. The van der Waals surface area contributed by atoms with E-state index in [1.54, 1.807) is 18.2 Å². The molecule has 0 fully saturated rings. The third kappa shape index (κ3) is 6.07. The van der Waals surface area contributed by atoms with E-state index in [2.05, 4.69) is 10.9 Å². The van der Waals surface area contributed by atoms with Crippen molar-refractivity contribution < 1.29 is 23.9 Å². The zero-order chi connectivity index (χ0) is 22.1. The van der Waals surface area contributed by atoms with E-state index in [4.69, 9.17) is 15.2 Å². The lowest BCUT2D eigenvalue weighted by molar-refractivity contribution is -0.131. The van der Waals surface area contributed by atoms with Crippen LogP contribution in [-0.2, 0) is 9.59 Å². The van der Waals surface area contributed by atoms with Crippen LogP contribution in [0.15, 0.2) is 78.9 Å². The van der Waals surface area contributed by atoms with Gasteiger partial charge in [0.15, 0.2) is 13.2 Å². The van der Waals surface area contributed by atoms with Crippen molar-refractivity contribution in [3.05, 3.63) is 84.4 Å². The van der Waals surface area contributed by atoms with Crippen LogP contribution in [-0.4, -0.2) is 30.9 Å². The molecule has 0 aliphatic rings. The molecule has 0 spiro atoms. The lowest BCUT2D eigenvalue weighted by atomic mass is 10.1. The van der Waals surface area contributed by atoms with Crippen molar-refractivity contribution >= 4 is 17.7 Å². The molecule has 0 aliphatic carbocycles. The summed E-state index contributed by atoms with van der Waals surface area (Å²) < 4.78 is 10.9. The topological polar surface area (TPSA) is 120 Å². The number of hydrogen-bond donors (Lipinski definition) is 3. The first-order valence-electron chi connectivity index (χ1n) is 9.41. The van der Waals surface area contributed by atoms with Crippen molar-refractivity contribution in [3.8, 4) is 22.6 Å². The number of ether oxygens (including phenoxy) is 2. The molecular formula is C23H21N3O5. The smallest absolute Gasteiger partial charge is 0.276 e. The lowest BCUT2D eigenvalue weighted by Crippen LogP contribution is -2.45. The predicted octanol–water partition coefficient (Wildman–Crippen LogP) is 2.06. The number of hydrogen-bond acceptors (Lipinski definition) is 5. The summed E-state index contributed by atoms with van der Waals surface area (Å²) in [6.07, 6.45) is 0. The first-order valence-corrected chi connectivity index (χ1v) is 9.41. The van der Waals surface area contributed by atoms with Crippen LogP contribution in [0.25, 0.3) is 11.1 Å². The predicted molar refractivity (Wildman–Crippen MR) is 114 cm³/mol. The second-order valence-electron chi connectivity index (χ2n) is 6.40. The molecule has 3 aromatic rings. The number of amides is 3. The molecule has 0 radical (unpaired) electrons. The van der Waals surface area contributed by atoms with Gasteiger partial charge in [-0.3, -0.25) is 25.2 Å². The quantitative estimate of drug-likeness (QED) is 0.483. The Morgan fingerprint density at radius 1 is 0.677 bits per heavy atom. The Hall–Kier alpha value is -4.33. The van der Waals surface area contributed by atoms with E-state index in [1.807, 2.05) is 48.5 Å². The Morgan fingerprint density at radius 2 is 1.19 bits per heavy atom. The van der Waals surface area contributed by atoms with Gasteiger partial charge in [0, 0.05) is 5.56 Å². The second kappa shape index (κ2) is 10.4. The second-order valence-corrected chi connectivity index (χ2v) is 6.40. The molecule has 31 heavy (non-hydrogen) atoms. The van der Waals surface area contributed by atoms with E-state index in [0.717, 1.165) is 11.1 Å². The van der Waals surface area contributed by atoms with Gasteiger partial charge in [0.1, 0.15) is 11.5 Å². The van der Waals surface area contributed by atoms with Gasteiger partial charge < -0.3 is 15.2 Å². The molecule has 0 aliphatic heterocycles. The molecule has 8 heteroatoms. The summed E-state index contributed by atoms with van der Waals surface area (Å²) in [7, 11) is 0. The van der Waals surface area contributed by atoms with Crippen LogP contribution >= 0.6 is 0 Å². The van der Waals surface area contributed by atoms with Crippen molar-refractivity contribution in [1.29, 1.82) is 0 Å². The minimum Gasteiger partial charge on any atom is -0.483 e. The molecule has 0 unspecified atom stereocenters. The maximum absolute atomic E-state index is 12.0. The van der Waals surface area contributed by atoms with Gasteiger partial charge in [-0.05, 0) is 23.8 Å². The maximum atomic E-state index is 12.0. The highest BCUT2D eigenvalue weighted by Gasteiger charge is 2.12. The Kier molecular flexibility index (Phi) is 7.21. The zero-order valence-corrected chi connectivity index (χ0v) is 16.5. The van der Waals surface area contributed by atoms with Crippen molar-refractivity contribution in [2.24, 2.45) is 5.73 Å². The molecule has 8 nitrogen and oxygen atoms in total. The van der Waals surface area contributed by atoms with E-state index in [9.17, 15) is 14.4 Å². The number of carbonyl (C=O) groups excluding carboxylic acids is 3. The van der Waals surface area contributed by atoms with Crippen LogP contribution < -0.4 is 26.1 Å². The van der Waals surface area contributed by atoms with Crippen LogP contribution in [0, 0.1) is 0 Å². The molecule has 0 heterocycles. The molecule has 3 rings (SSSR count). The monoisotopic (exact) mass is 419 g/mol. The average Bonchev–Trinajstić information content (AvgIpc) is 2.81. The molecule has 4 N–H and O–H groups in total. The van der Waals surface area contributed by atoms with Crippen molar-refractivity contribution in [3.63, 3.8) is 0 Å². The SMILES string of the molecule is NC(=O)c1ccccc1OCC(=O)NNC(=O)COc1ccccc1-c1ccccc1. The Morgan fingerprint density at radius 3 is 1.84 bits per heavy atom. The van der Waals surface area contributed by atoms with E-state index in [0.29, 0.717) is 5.75 Å². The summed E-state index contributed by atoms with van der Waals surface area (Å²) in [5.41, 5.74) is 11.7. The van der Waals surface area contributed by atoms with Gasteiger partial charge in [-0.15, -0.1) is 0 Å². The van der Waals surface area contributed by atoms with Gasteiger partial charge in [-0.2, -0.15) is 0 Å². The summed E-state index contributed by atoms with van der Waals surface area (Å²) in [6, 6.07) is 23.3. The van der Waals surface area contributed by atoms with Crippen molar-refractivity contribution in [1.82, 2.24) is 10.9 Å². The number of primary amides is 1. The Bertz CT molecular complexity index is 1070. The fraction of sp³-hybridized carbons (Fsp3) is 0.0870. The zero-order valence-electron chi connectivity index (χ0n) is 16.5. The molecule has 158 valence electrons. The number of carbonyl (C=O) groups is 3. The summed E-state index contributed by atoms with van der Waals surface area (Å²) in [5, 5.41) is 0. The number of nitrogens with two attached hydrogens (primary N) is 1. The summed E-state index contributed by atoms with van der Waals surface area (Å²) in [6.45, 7) is -0.711. The highest BCUT2D eigenvalue weighted by molar-refractivity contribution is 5.95. The normalized spacial score (nSPS) is 10.1. The van der Waals surface area contributed by atoms with Crippen LogP contribution in [0.3, 0.4) is 0 Å². The molecule has 3 aromatic carbocycles. The standard InChI is InChI=1S/C23H21N3O5/c24-23(29)18-11-5-7-13-20(18)31-15-22(28)26-25-21(27)14-30-19-12-6-4-10-17(19)16-8-2-1-3-9-16/h1-13H,14-15H2,(H2,24,29)(H,25,27)(H,26,28). The molecular weight excluding hydrogens is 398 g/mol. The van der Waals surface area contributed by atoms with E-state index < -0.39 is 24.3 Å². The number of para-hydroxylation sites is 2. The number of benzene rings is 3.